The highest BCUT2D eigenvalue weighted by atomic mass is 16.2. The van der Waals surface area contributed by atoms with Crippen LogP contribution in [0.4, 0.5) is 0 Å². The van der Waals surface area contributed by atoms with Gasteiger partial charge in [0.05, 0.1) is 18.1 Å². The molecule has 0 spiro atoms. The molecule has 1 aromatic carbocycles. The van der Waals surface area contributed by atoms with E-state index in [9.17, 15) is 15.3 Å². The van der Waals surface area contributed by atoms with E-state index in [-0.39, 0.29) is 5.91 Å². The Hall–Kier alpha value is -2.79. The lowest BCUT2D eigenvalue weighted by Crippen LogP contribution is -2.29. The monoisotopic (exact) mass is 266 g/mol. The summed E-state index contributed by atoms with van der Waals surface area (Å²) in [5.74, 6) is -2.34. The zero-order valence-corrected chi connectivity index (χ0v) is 11.1. The molecule has 0 radical (unpaired) electrons. The van der Waals surface area contributed by atoms with Crippen LogP contribution in [0.3, 0.4) is 0 Å². The molecule has 0 saturated carbocycles. The Morgan fingerprint density at radius 1 is 1.20 bits per heavy atom. The van der Waals surface area contributed by atoms with Gasteiger partial charge in [0, 0.05) is 11.6 Å². The van der Waals surface area contributed by atoms with Crippen LogP contribution in [0.1, 0.15) is 17.0 Å². The Kier molecular flexibility index (Phi) is 3.72. The predicted octanol–water partition coefficient (Wildman–Crippen LogP) is 1.51. The van der Waals surface area contributed by atoms with Gasteiger partial charge in [0.2, 0.25) is 5.91 Å². The minimum Gasteiger partial charge on any atom is -0.302 e. The zero-order chi connectivity index (χ0) is 14.7. The van der Waals surface area contributed by atoms with E-state index in [0.717, 1.165) is 11.1 Å². The molecule has 1 aliphatic rings. The molecule has 0 bridgehead atoms. The third-order valence-corrected chi connectivity index (χ3v) is 3.46. The van der Waals surface area contributed by atoms with Crippen LogP contribution >= 0.6 is 0 Å². The number of hydrogen-bond donors (Lipinski definition) is 2. The van der Waals surface area contributed by atoms with Crippen molar-refractivity contribution in [2.75, 3.05) is 0 Å². The topological polar surface area (TPSA) is 88.7 Å². The van der Waals surface area contributed by atoms with Crippen molar-refractivity contribution < 1.29 is 4.79 Å². The van der Waals surface area contributed by atoms with E-state index < -0.39 is 17.8 Å². The van der Waals surface area contributed by atoms with Gasteiger partial charge in [-0.2, -0.15) is 10.5 Å². The maximum absolute atomic E-state index is 11.9. The van der Waals surface area contributed by atoms with E-state index >= 15 is 0 Å². The number of carbonyl (C=O) groups excluding carboxylic acids is 1. The molecule has 5 heteroatoms. The third kappa shape index (κ3) is 2.34. The quantitative estimate of drug-likeness (QED) is 0.867. The first kappa shape index (κ1) is 13.6. The SMILES string of the molecule is C=C1NNC(=O)C1C(c1ccc(C)cc1)C(C#N)C#N. The van der Waals surface area contributed by atoms with E-state index in [1.54, 1.807) is 0 Å². The molecule has 1 aromatic rings. The van der Waals surface area contributed by atoms with Gasteiger partial charge in [-0.1, -0.05) is 36.4 Å². The second-order valence-electron chi connectivity index (χ2n) is 4.79. The highest BCUT2D eigenvalue weighted by Crippen LogP contribution is 2.36. The molecule has 1 fully saturated rings. The summed E-state index contributed by atoms with van der Waals surface area (Å²) in [7, 11) is 0. The number of rotatable bonds is 3. The van der Waals surface area contributed by atoms with Crippen LogP contribution in [0.2, 0.25) is 0 Å². The second-order valence-corrected chi connectivity index (χ2v) is 4.79. The summed E-state index contributed by atoms with van der Waals surface area (Å²) in [6.07, 6.45) is 0. The van der Waals surface area contributed by atoms with Crippen molar-refractivity contribution in [3.63, 3.8) is 0 Å². The molecule has 1 amide bonds. The lowest BCUT2D eigenvalue weighted by Gasteiger charge is -2.22. The molecule has 2 unspecified atom stereocenters. The number of aryl methyl sites for hydroxylation is 1. The summed E-state index contributed by atoms with van der Waals surface area (Å²) in [4.78, 5) is 11.9. The third-order valence-electron chi connectivity index (χ3n) is 3.46. The van der Waals surface area contributed by atoms with Crippen molar-refractivity contribution in [1.82, 2.24) is 10.9 Å². The van der Waals surface area contributed by atoms with E-state index in [1.165, 1.54) is 0 Å². The van der Waals surface area contributed by atoms with Crippen molar-refractivity contribution in [3.05, 3.63) is 47.7 Å². The maximum atomic E-state index is 11.9. The van der Waals surface area contributed by atoms with Crippen molar-refractivity contribution in [2.24, 2.45) is 11.8 Å². The Labute approximate surface area is 117 Å². The van der Waals surface area contributed by atoms with Gasteiger partial charge in [-0.3, -0.25) is 10.2 Å². The van der Waals surface area contributed by atoms with E-state index in [4.69, 9.17) is 0 Å². The van der Waals surface area contributed by atoms with E-state index in [0.29, 0.717) is 5.70 Å². The summed E-state index contributed by atoms with van der Waals surface area (Å²) in [6.45, 7) is 5.74. The molecule has 20 heavy (non-hydrogen) atoms. The van der Waals surface area contributed by atoms with Crippen molar-refractivity contribution in [3.8, 4) is 12.1 Å². The summed E-state index contributed by atoms with van der Waals surface area (Å²) >= 11 is 0. The van der Waals surface area contributed by atoms with Crippen molar-refractivity contribution in [1.29, 1.82) is 10.5 Å². The molecule has 2 atom stereocenters. The normalized spacial score (nSPS) is 18.9. The molecule has 5 nitrogen and oxygen atoms in total. The molecule has 1 heterocycles. The Balaban J connectivity index is 2.48. The minimum absolute atomic E-state index is 0.268. The van der Waals surface area contributed by atoms with Crippen LogP contribution in [0.25, 0.3) is 0 Å². The molecule has 1 saturated heterocycles. The fraction of sp³-hybridized carbons (Fsp3) is 0.267. The van der Waals surface area contributed by atoms with Gasteiger partial charge in [0.25, 0.3) is 0 Å². The molecule has 0 aliphatic carbocycles. The summed E-state index contributed by atoms with van der Waals surface area (Å²) < 4.78 is 0. The Morgan fingerprint density at radius 2 is 1.80 bits per heavy atom. The average Bonchev–Trinajstić information content (AvgIpc) is 2.77. The van der Waals surface area contributed by atoms with Crippen molar-refractivity contribution in [2.45, 2.75) is 12.8 Å². The number of nitrogens with one attached hydrogen (secondary N) is 2. The largest absolute Gasteiger partial charge is 0.302 e. The van der Waals surface area contributed by atoms with Crippen LogP contribution in [0, 0.1) is 41.4 Å². The minimum atomic E-state index is -0.912. The molecule has 0 aromatic heterocycles. The van der Waals surface area contributed by atoms with Gasteiger partial charge >= 0.3 is 0 Å². The van der Waals surface area contributed by atoms with E-state index in [1.807, 2.05) is 43.3 Å². The van der Waals surface area contributed by atoms with Crippen LogP contribution in [-0.2, 0) is 4.79 Å². The highest BCUT2D eigenvalue weighted by molar-refractivity contribution is 5.85. The molecular formula is C15H14N4O. The lowest BCUT2D eigenvalue weighted by molar-refractivity contribution is -0.123. The van der Waals surface area contributed by atoms with Crippen LogP contribution in [0.5, 0.6) is 0 Å². The number of hydrogen-bond acceptors (Lipinski definition) is 4. The van der Waals surface area contributed by atoms with Gasteiger partial charge < -0.3 is 5.43 Å². The predicted molar refractivity (Wildman–Crippen MR) is 72.5 cm³/mol. The van der Waals surface area contributed by atoms with Crippen LogP contribution < -0.4 is 10.9 Å². The Bertz CT molecular complexity index is 591. The molecule has 2 N–H and O–H groups in total. The highest BCUT2D eigenvalue weighted by Gasteiger charge is 2.41. The second kappa shape index (κ2) is 5.46. The summed E-state index contributed by atoms with van der Waals surface area (Å²) in [6, 6.07) is 11.4. The smallest absolute Gasteiger partial charge is 0.248 e. The number of amides is 1. The van der Waals surface area contributed by atoms with Gasteiger partial charge in [-0.15, -0.1) is 0 Å². The first-order valence-corrected chi connectivity index (χ1v) is 6.19. The van der Waals surface area contributed by atoms with Crippen LogP contribution in [-0.4, -0.2) is 5.91 Å². The maximum Gasteiger partial charge on any atom is 0.248 e. The number of nitrogens with zero attached hydrogens (tertiary/aromatic N) is 2. The standard InChI is InChI=1S/C15H14N4O/c1-9-3-5-11(6-4-9)14(12(7-16)8-17)13-10(2)18-19-15(13)20/h3-6,12-14,18H,2H2,1H3,(H,19,20). The number of nitriles is 2. The fourth-order valence-electron chi connectivity index (χ4n) is 2.39. The Morgan fingerprint density at radius 3 is 2.25 bits per heavy atom. The fourth-order valence-corrected chi connectivity index (χ4v) is 2.39. The molecule has 1 aliphatic heterocycles. The lowest BCUT2D eigenvalue weighted by atomic mass is 9.76. The number of hydrazine groups is 1. The zero-order valence-electron chi connectivity index (χ0n) is 11.1. The molecule has 100 valence electrons. The van der Waals surface area contributed by atoms with Crippen molar-refractivity contribution >= 4 is 5.91 Å². The van der Waals surface area contributed by atoms with Gasteiger partial charge in [0.1, 0.15) is 5.92 Å². The first-order chi connectivity index (χ1) is 9.58. The average molecular weight is 266 g/mol. The van der Waals surface area contributed by atoms with Gasteiger partial charge in [0.15, 0.2) is 0 Å². The summed E-state index contributed by atoms with van der Waals surface area (Å²) in [5.41, 5.74) is 7.49. The van der Waals surface area contributed by atoms with Crippen LogP contribution in [0.15, 0.2) is 36.5 Å². The summed E-state index contributed by atoms with van der Waals surface area (Å²) in [5, 5.41) is 18.4. The van der Waals surface area contributed by atoms with Gasteiger partial charge in [-0.05, 0) is 12.5 Å². The van der Waals surface area contributed by atoms with Gasteiger partial charge in [-0.25, -0.2) is 0 Å². The molecular weight excluding hydrogens is 252 g/mol. The number of carbonyl (C=O) groups is 1. The molecule has 2 rings (SSSR count). The number of benzene rings is 1. The van der Waals surface area contributed by atoms with E-state index in [2.05, 4.69) is 17.4 Å². The first-order valence-electron chi connectivity index (χ1n) is 6.19.